The van der Waals surface area contributed by atoms with Gasteiger partial charge in [0.2, 0.25) is 5.91 Å². The molecule has 118 valence electrons. The highest BCUT2D eigenvalue weighted by molar-refractivity contribution is 5.85. The Morgan fingerprint density at radius 2 is 1.65 bits per heavy atom. The average Bonchev–Trinajstić information content (AvgIpc) is 2.39. The predicted molar refractivity (Wildman–Crippen MR) is 81.2 cm³/mol. The van der Waals surface area contributed by atoms with Gasteiger partial charge in [0.25, 0.3) is 0 Å². The Kier molecular flexibility index (Phi) is 9.59. The minimum Gasteiger partial charge on any atom is -0.481 e. The van der Waals surface area contributed by atoms with Gasteiger partial charge in [0.15, 0.2) is 0 Å². The number of rotatable bonds is 7. The van der Waals surface area contributed by atoms with E-state index in [-0.39, 0.29) is 24.2 Å². The summed E-state index contributed by atoms with van der Waals surface area (Å²) in [5.41, 5.74) is 0. The molecule has 1 fully saturated rings. The summed E-state index contributed by atoms with van der Waals surface area (Å²) in [6.45, 7) is 7.66. The first-order valence-electron chi connectivity index (χ1n) is 7.31. The van der Waals surface area contributed by atoms with Gasteiger partial charge in [0.05, 0.1) is 12.5 Å². The van der Waals surface area contributed by atoms with E-state index in [0.29, 0.717) is 19.4 Å². The fraction of sp³-hybridized carbons (Fsp3) is 0.857. The molecule has 1 N–H and O–H groups in total. The number of hydrogen-bond donors (Lipinski definition) is 1. The largest absolute Gasteiger partial charge is 0.481 e. The van der Waals surface area contributed by atoms with Gasteiger partial charge in [-0.2, -0.15) is 0 Å². The van der Waals surface area contributed by atoms with Crippen molar-refractivity contribution in [3.63, 3.8) is 0 Å². The standard InChI is InChI=1S/C14H26N2O3.ClH/c1-3-7-16(8-4-2)13(17)11-15-9-5-12(6-10-15)14(18)19;/h12H,3-11H2,1-2H3,(H,18,19);1H. The van der Waals surface area contributed by atoms with Crippen LogP contribution in [0.4, 0.5) is 0 Å². The molecule has 1 amide bonds. The van der Waals surface area contributed by atoms with Crippen LogP contribution in [0.1, 0.15) is 39.5 Å². The lowest BCUT2D eigenvalue weighted by molar-refractivity contribution is -0.143. The highest BCUT2D eigenvalue weighted by Crippen LogP contribution is 2.17. The molecule has 0 aromatic carbocycles. The number of nitrogens with zero attached hydrogens (tertiary/aromatic N) is 2. The minimum absolute atomic E-state index is 0. The first-order valence-corrected chi connectivity index (χ1v) is 7.31. The third-order valence-electron chi connectivity index (χ3n) is 3.64. The van der Waals surface area contributed by atoms with Crippen LogP contribution in [0.15, 0.2) is 0 Å². The third-order valence-corrected chi connectivity index (χ3v) is 3.64. The fourth-order valence-corrected chi connectivity index (χ4v) is 2.53. The summed E-state index contributed by atoms with van der Waals surface area (Å²) in [6, 6.07) is 0. The van der Waals surface area contributed by atoms with Crippen LogP contribution in [0.25, 0.3) is 0 Å². The fourth-order valence-electron chi connectivity index (χ4n) is 2.53. The van der Waals surface area contributed by atoms with Gasteiger partial charge in [0, 0.05) is 13.1 Å². The van der Waals surface area contributed by atoms with Crippen molar-refractivity contribution in [1.82, 2.24) is 9.80 Å². The lowest BCUT2D eigenvalue weighted by Crippen LogP contribution is -2.44. The molecule has 1 aliphatic heterocycles. The SMILES string of the molecule is CCCN(CCC)C(=O)CN1CCC(C(=O)O)CC1.Cl. The van der Waals surface area contributed by atoms with Crippen LogP contribution in [0.2, 0.25) is 0 Å². The quantitative estimate of drug-likeness (QED) is 0.780. The molecule has 5 nitrogen and oxygen atoms in total. The van der Waals surface area contributed by atoms with Gasteiger partial charge < -0.3 is 10.0 Å². The Morgan fingerprint density at radius 3 is 2.05 bits per heavy atom. The van der Waals surface area contributed by atoms with Crippen molar-refractivity contribution < 1.29 is 14.7 Å². The van der Waals surface area contributed by atoms with Crippen LogP contribution >= 0.6 is 12.4 Å². The molecular formula is C14H27ClN2O3. The Bertz CT molecular complexity index is 299. The van der Waals surface area contributed by atoms with E-state index in [1.54, 1.807) is 0 Å². The summed E-state index contributed by atoms with van der Waals surface area (Å²) in [4.78, 5) is 27.0. The molecule has 0 spiro atoms. The maximum atomic E-state index is 12.2. The van der Waals surface area contributed by atoms with Crippen molar-refractivity contribution >= 4 is 24.3 Å². The normalized spacial score (nSPS) is 16.5. The number of aliphatic carboxylic acids is 1. The van der Waals surface area contributed by atoms with E-state index in [9.17, 15) is 9.59 Å². The summed E-state index contributed by atoms with van der Waals surface area (Å²) in [5, 5.41) is 8.94. The van der Waals surface area contributed by atoms with Gasteiger partial charge in [-0.3, -0.25) is 14.5 Å². The maximum absolute atomic E-state index is 12.2. The molecule has 0 aromatic heterocycles. The smallest absolute Gasteiger partial charge is 0.306 e. The zero-order chi connectivity index (χ0) is 14.3. The number of piperidine rings is 1. The summed E-state index contributed by atoms with van der Waals surface area (Å²) < 4.78 is 0. The molecule has 6 heteroatoms. The van der Waals surface area contributed by atoms with Crippen LogP contribution in [-0.2, 0) is 9.59 Å². The lowest BCUT2D eigenvalue weighted by Gasteiger charge is -2.31. The van der Waals surface area contributed by atoms with E-state index in [4.69, 9.17) is 5.11 Å². The second kappa shape index (κ2) is 10.00. The Balaban J connectivity index is 0.00000361. The molecule has 0 radical (unpaired) electrons. The summed E-state index contributed by atoms with van der Waals surface area (Å²) in [7, 11) is 0. The molecule has 0 unspecified atom stereocenters. The van der Waals surface area contributed by atoms with Crippen LogP contribution < -0.4 is 0 Å². The maximum Gasteiger partial charge on any atom is 0.306 e. The van der Waals surface area contributed by atoms with Crippen molar-refractivity contribution in [3.8, 4) is 0 Å². The number of amides is 1. The molecule has 1 heterocycles. The molecule has 20 heavy (non-hydrogen) atoms. The van der Waals surface area contributed by atoms with Crippen LogP contribution in [0, 0.1) is 5.92 Å². The second-order valence-corrected chi connectivity index (χ2v) is 5.27. The van der Waals surface area contributed by atoms with Crippen molar-refractivity contribution in [1.29, 1.82) is 0 Å². The number of carboxylic acid groups (broad SMARTS) is 1. The van der Waals surface area contributed by atoms with Gasteiger partial charge in [-0.15, -0.1) is 12.4 Å². The monoisotopic (exact) mass is 306 g/mol. The number of carbonyl (C=O) groups is 2. The van der Waals surface area contributed by atoms with Crippen molar-refractivity contribution in [2.24, 2.45) is 5.92 Å². The predicted octanol–water partition coefficient (Wildman–Crippen LogP) is 1.85. The Morgan fingerprint density at radius 1 is 1.15 bits per heavy atom. The zero-order valence-corrected chi connectivity index (χ0v) is 13.3. The van der Waals surface area contributed by atoms with Crippen LogP contribution in [0.3, 0.4) is 0 Å². The molecule has 1 rings (SSSR count). The summed E-state index contributed by atoms with van der Waals surface area (Å²) in [5.74, 6) is -0.754. The summed E-state index contributed by atoms with van der Waals surface area (Å²) in [6.07, 6.45) is 3.27. The third kappa shape index (κ3) is 6.09. The topological polar surface area (TPSA) is 60.9 Å². The number of hydrogen-bond acceptors (Lipinski definition) is 3. The number of halogens is 1. The van der Waals surface area contributed by atoms with Gasteiger partial charge in [-0.25, -0.2) is 0 Å². The summed E-state index contributed by atoms with van der Waals surface area (Å²) >= 11 is 0. The van der Waals surface area contributed by atoms with E-state index in [1.807, 2.05) is 4.90 Å². The van der Waals surface area contributed by atoms with Gasteiger partial charge in [0.1, 0.15) is 0 Å². The van der Waals surface area contributed by atoms with Crippen LogP contribution in [-0.4, -0.2) is 59.5 Å². The first-order chi connectivity index (χ1) is 9.08. The molecule has 0 aromatic rings. The molecular weight excluding hydrogens is 280 g/mol. The average molecular weight is 307 g/mol. The Labute approximate surface area is 127 Å². The van der Waals surface area contributed by atoms with Gasteiger partial charge in [-0.05, 0) is 38.8 Å². The highest BCUT2D eigenvalue weighted by Gasteiger charge is 2.26. The van der Waals surface area contributed by atoms with E-state index in [1.165, 1.54) is 0 Å². The second-order valence-electron chi connectivity index (χ2n) is 5.27. The van der Waals surface area contributed by atoms with E-state index in [2.05, 4.69) is 18.7 Å². The lowest BCUT2D eigenvalue weighted by atomic mass is 9.97. The Hall–Kier alpha value is -0.810. The van der Waals surface area contributed by atoms with E-state index >= 15 is 0 Å². The number of carboxylic acids is 1. The van der Waals surface area contributed by atoms with Crippen molar-refractivity contribution in [2.45, 2.75) is 39.5 Å². The molecule has 0 aliphatic carbocycles. The van der Waals surface area contributed by atoms with E-state index in [0.717, 1.165) is 39.0 Å². The van der Waals surface area contributed by atoms with E-state index < -0.39 is 5.97 Å². The van der Waals surface area contributed by atoms with Gasteiger partial charge in [-0.1, -0.05) is 13.8 Å². The molecule has 0 saturated carbocycles. The highest BCUT2D eigenvalue weighted by atomic mass is 35.5. The number of likely N-dealkylation sites (tertiary alicyclic amines) is 1. The van der Waals surface area contributed by atoms with Crippen molar-refractivity contribution in [3.05, 3.63) is 0 Å². The molecule has 1 saturated heterocycles. The molecule has 0 bridgehead atoms. The zero-order valence-electron chi connectivity index (χ0n) is 12.5. The van der Waals surface area contributed by atoms with Crippen LogP contribution in [0.5, 0.6) is 0 Å². The minimum atomic E-state index is -0.704. The molecule has 1 aliphatic rings. The first kappa shape index (κ1) is 19.2. The number of carbonyl (C=O) groups excluding carboxylic acids is 1. The molecule has 0 atom stereocenters. The van der Waals surface area contributed by atoms with Gasteiger partial charge >= 0.3 is 5.97 Å². The van der Waals surface area contributed by atoms with Crippen molar-refractivity contribution in [2.75, 3.05) is 32.7 Å².